The van der Waals surface area contributed by atoms with Gasteiger partial charge in [0.2, 0.25) is 0 Å². The number of carbonyl (C=O) groups is 3. The van der Waals surface area contributed by atoms with Crippen molar-refractivity contribution in [1.82, 2.24) is 5.32 Å². The maximum absolute atomic E-state index is 11.8. The van der Waals surface area contributed by atoms with E-state index in [0.29, 0.717) is 19.3 Å². The van der Waals surface area contributed by atoms with Gasteiger partial charge in [0.1, 0.15) is 17.7 Å². The molecule has 0 saturated heterocycles. The second kappa shape index (κ2) is 5.72. The molecule has 0 heterocycles. The molecule has 0 aromatic heterocycles. The maximum atomic E-state index is 11.8. The van der Waals surface area contributed by atoms with Crippen LogP contribution in [0.5, 0.6) is 0 Å². The number of hydrogen-bond donors (Lipinski definition) is 1. The van der Waals surface area contributed by atoms with Crippen LogP contribution in [0.2, 0.25) is 0 Å². The molecule has 1 aliphatic carbocycles. The number of Topliss-reactive ketones (excluding diaryl/α,β-unsaturated/α-hetero) is 1. The molecule has 5 nitrogen and oxygen atoms in total. The van der Waals surface area contributed by atoms with E-state index < -0.39 is 17.2 Å². The standard InChI is InChI=1S/C14H23NO4/c1-10(17)11-5-6-14(9-11,7-8-16)15-12(18)19-13(2,3)4/h8,11H,5-7,9H2,1-4H3,(H,15,18)/t11-,14?/m1/s1. The number of alkyl carbamates (subject to hydrolysis) is 1. The average molecular weight is 269 g/mol. The van der Waals surface area contributed by atoms with Crippen LogP contribution in [-0.2, 0) is 14.3 Å². The van der Waals surface area contributed by atoms with Crippen molar-refractivity contribution in [3.05, 3.63) is 0 Å². The highest BCUT2D eigenvalue weighted by Crippen LogP contribution is 2.37. The Morgan fingerprint density at radius 3 is 2.47 bits per heavy atom. The number of carbonyl (C=O) groups excluding carboxylic acids is 3. The fourth-order valence-electron chi connectivity index (χ4n) is 2.50. The monoisotopic (exact) mass is 269 g/mol. The van der Waals surface area contributed by atoms with Crippen LogP contribution in [0.1, 0.15) is 53.4 Å². The lowest BCUT2D eigenvalue weighted by atomic mass is 9.92. The van der Waals surface area contributed by atoms with Gasteiger partial charge >= 0.3 is 6.09 Å². The van der Waals surface area contributed by atoms with Crippen LogP contribution >= 0.6 is 0 Å². The zero-order valence-corrected chi connectivity index (χ0v) is 12.1. The van der Waals surface area contributed by atoms with Gasteiger partial charge in [-0.25, -0.2) is 4.79 Å². The minimum absolute atomic E-state index is 0.0742. The molecule has 1 saturated carbocycles. The Kier molecular flexibility index (Phi) is 4.71. The van der Waals surface area contributed by atoms with Gasteiger partial charge < -0.3 is 14.8 Å². The number of amides is 1. The number of ether oxygens (including phenoxy) is 1. The molecule has 108 valence electrons. The summed E-state index contributed by atoms with van der Waals surface area (Å²) in [6, 6.07) is 0. The molecular weight excluding hydrogens is 246 g/mol. The number of hydrogen-bond acceptors (Lipinski definition) is 4. The third-order valence-electron chi connectivity index (χ3n) is 3.42. The summed E-state index contributed by atoms with van der Waals surface area (Å²) >= 11 is 0. The minimum atomic E-state index is -0.625. The minimum Gasteiger partial charge on any atom is -0.444 e. The molecule has 1 N–H and O–H groups in total. The maximum Gasteiger partial charge on any atom is 0.408 e. The van der Waals surface area contributed by atoms with Gasteiger partial charge in [-0.05, 0) is 47.0 Å². The fourth-order valence-corrected chi connectivity index (χ4v) is 2.50. The van der Waals surface area contributed by atoms with E-state index >= 15 is 0 Å². The molecule has 2 atom stereocenters. The summed E-state index contributed by atoms with van der Waals surface area (Å²) in [5.41, 5.74) is -1.20. The van der Waals surface area contributed by atoms with Crippen molar-refractivity contribution in [3.63, 3.8) is 0 Å². The molecule has 1 unspecified atom stereocenters. The molecule has 1 rings (SSSR count). The van der Waals surface area contributed by atoms with Crippen LogP contribution in [0.4, 0.5) is 4.79 Å². The van der Waals surface area contributed by atoms with Gasteiger partial charge in [0.15, 0.2) is 0 Å². The molecule has 5 heteroatoms. The van der Waals surface area contributed by atoms with E-state index in [2.05, 4.69) is 5.32 Å². The molecule has 1 aliphatic rings. The summed E-state index contributed by atoms with van der Waals surface area (Å²) in [6.07, 6.45) is 2.34. The summed E-state index contributed by atoms with van der Waals surface area (Å²) in [7, 11) is 0. The van der Waals surface area contributed by atoms with Gasteiger partial charge in [-0.2, -0.15) is 0 Å². The lowest BCUT2D eigenvalue weighted by molar-refractivity contribution is -0.121. The van der Waals surface area contributed by atoms with E-state index in [9.17, 15) is 14.4 Å². The van der Waals surface area contributed by atoms with Crippen LogP contribution in [0.3, 0.4) is 0 Å². The largest absolute Gasteiger partial charge is 0.444 e. The Hall–Kier alpha value is -1.39. The SMILES string of the molecule is CC(=O)[C@@H]1CCC(CC=O)(NC(=O)OC(C)(C)C)C1. The first-order valence-electron chi connectivity index (χ1n) is 6.63. The summed E-state index contributed by atoms with van der Waals surface area (Å²) in [4.78, 5) is 34.1. The predicted molar refractivity (Wildman–Crippen MR) is 70.8 cm³/mol. The number of ketones is 1. The van der Waals surface area contributed by atoms with Gasteiger partial charge in [0, 0.05) is 12.3 Å². The first-order valence-corrected chi connectivity index (χ1v) is 6.63. The van der Waals surface area contributed by atoms with Crippen molar-refractivity contribution < 1.29 is 19.1 Å². The quantitative estimate of drug-likeness (QED) is 0.794. The molecule has 0 bridgehead atoms. The summed E-state index contributed by atoms with van der Waals surface area (Å²) in [5, 5.41) is 2.79. The van der Waals surface area contributed by atoms with E-state index in [1.807, 2.05) is 0 Å². The van der Waals surface area contributed by atoms with Crippen LogP contribution in [0.15, 0.2) is 0 Å². The van der Waals surface area contributed by atoms with Gasteiger partial charge in [-0.1, -0.05) is 0 Å². The Labute approximate surface area is 114 Å². The Morgan fingerprint density at radius 2 is 2.05 bits per heavy atom. The number of rotatable bonds is 4. The third-order valence-corrected chi connectivity index (χ3v) is 3.42. The van der Waals surface area contributed by atoms with E-state index in [-0.39, 0.29) is 18.1 Å². The van der Waals surface area contributed by atoms with Crippen molar-refractivity contribution in [3.8, 4) is 0 Å². The lowest BCUT2D eigenvalue weighted by Gasteiger charge is -2.30. The van der Waals surface area contributed by atoms with E-state index in [0.717, 1.165) is 6.29 Å². The molecule has 0 aromatic rings. The zero-order valence-electron chi connectivity index (χ0n) is 12.1. The average Bonchev–Trinajstić information content (AvgIpc) is 2.59. The molecule has 0 aromatic carbocycles. The number of nitrogens with one attached hydrogen (secondary N) is 1. The Morgan fingerprint density at radius 1 is 1.42 bits per heavy atom. The molecule has 19 heavy (non-hydrogen) atoms. The van der Waals surface area contributed by atoms with Crippen molar-refractivity contribution in [2.24, 2.45) is 5.92 Å². The van der Waals surface area contributed by atoms with Crippen LogP contribution in [-0.4, -0.2) is 29.3 Å². The van der Waals surface area contributed by atoms with E-state index in [1.165, 1.54) is 0 Å². The van der Waals surface area contributed by atoms with E-state index in [4.69, 9.17) is 4.74 Å². The van der Waals surface area contributed by atoms with Crippen molar-refractivity contribution in [2.75, 3.05) is 0 Å². The van der Waals surface area contributed by atoms with Gasteiger partial charge in [-0.15, -0.1) is 0 Å². The van der Waals surface area contributed by atoms with E-state index in [1.54, 1.807) is 27.7 Å². The zero-order chi connectivity index (χ0) is 14.7. The van der Waals surface area contributed by atoms with Crippen molar-refractivity contribution in [2.45, 2.75) is 64.5 Å². The Balaban J connectivity index is 2.71. The number of aldehydes is 1. The predicted octanol–water partition coefficient (Wildman–Crippen LogP) is 2.23. The smallest absolute Gasteiger partial charge is 0.408 e. The highest BCUT2D eigenvalue weighted by Gasteiger charge is 2.42. The highest BCUT2D eigenvalue weighted by atomic mass is 16.6. The van der Waals surface area contributed by atoms with Gasteiger partial charge in [0.25, 0.3) is 0 Å². The van der Waals surface area contributed by atoms with Crippen LogP contribution in [0.25, 0.3) is 0 Å². The molecule has 0 spiro atoms. The molecule has 1 amide bonds. The molecular formula is C14H23NO4. The van der Waals surface area contributed by atoms with Crippen LogP contribution < -0.4 is 5.32 Å². The first kappa shape index (κ1) is 15.7. The van der Waals surface area contributed by atoms with Crippen molar-refractivity contribution >= 4 is 18.2 Å². The molecule has 1 fully saturated rings. The first-order chi connectivity index (χ1) is 8.67. The summed E-state index contributed by atoms with van der Waals surface area (Å²) < 4.78 is 5.22. The lowest BCUT2D eigenvalue weighted by Crippen LogP contribution is -2.49. The Bertz CT molecular complexity index is 372. The van der Waals surface area contributed by atoms with Gasteiger partial charge in [0.05, 0.1) is 5.54 Å². The second-order valence-corrected chi connectivity index (χ2v) is 6.33. The highest BCUT2D eigenvalue weighted by molar-refractivity contribution is 5.79. The molecule has 0 aliphatic heterocycles. The second-order valence-electron chi connectivity index (χ2n) is 6.33. The van der Waals surface area contributed by atoms with Crippen molar-refractivity contribution in [1.29, 1.82) is 0 Å². The molecule has 0 radical (unpaired) electrons. The third kappa shape index (κ3) is 4.65. The summed E-state index contributed by atoms with van der Waals surface area (Å²) in [6.45, 7) is 6.90. The normalized spacial score (nSPS) is 26.8. The summed E-state index contributed by atoms with van der Waals surface area (Å²) in [5.74, 6) is 0.0358. The van der Waals surface area contributed by atoms with Gasteiger partial charge in [-0.3, -0.25) is 4.79 Å². The topological polar surface area (TPSA) is 72.5 Å². The van der Waals surface area contributed by atoms with Crippen LogP contribution in [0, 0.1) is 5.92 Å². The fraction of sp³-hybridized carbons (Fsp3) is 0.786.